The Balaban J connectivity index is 0.851. The van der Waals surface area contributed by atoms with Crippen LogP contribution in [0.25, 0.3) is 87.7 Å². The van der Waals surface area contributed by atoms with E-state index in [9.17, 15) is 0 Å². The van der Waals surface area contributed by atoms with Gasteiger partial charge in [0.1, 0.15) is 11.5 Å². The Morgan fingerprint density at radius 1 is 0.260 bits per heavy atom. The van der Waals surface area contributed by atoms with Gasteiger partial charge in [0.05, 0.1) is 22.1 Å². The summed E-state index contributed by atoms with van der Waals surface area (Å²) >= 11 is 0. The fraction of sp³-hybridized carbons (Fsp3) is 0. The highest BCUT2D eigenvalue weighted by Crippen LogP contribution is 2.52. The average molecular weight is 933 g/mol. The lowest BCUT2D eigenvalue weighted by molar-refractivity contribution is 0.487. The first-order valence-corrected chi connectivity index (χ1v) is 24.9. The number of hydrogen-bond acceptors (Lipinski definition) is 3. The zero-order valence-corrected chi connectivity index (χ0v) is 39.6. The minimum atomic E-state index is 0.829. The molecule has 3 heterocycles. The minimum absolute atomic E-state index is 0.829. The third-order valence-electron chi connectivity index (χ3n) is 14.8. The van der Waals surface area contributed by atoms with Gasteiger partial charge in [0, 0.05) is 84.1 Å². The van der Waals surface area contributed by atoms with Crippen LogP contribution in [0.1, 0.15) is 0 Å². The maximum absolute atomic E-state index is 7.03. The van der Waals surface area contributed by atoms with Gasteiger partial charge >= 0.3 is 0 Å². The zero-order chi connectivity index (χ0) is 48.0. The molecule has 0 unspecified atom stereocenters. The molecule has 14 aromatic rings. The molecule has 0 fully saturated rings. The molecule has 0 aliphatic carbocycles. The second-order valence-corrected chi connectivity index (χ2v) is 18.9. The summed E-state index contributed by atoms with van der Waals surface area (Å²) in [5.74, 6) is 1.68. The van der Waals surface area contributed by atoms with Gasteiger partial charge in [-0.1, -0.05) is 127 Å². The normalized spacial score (nSPS) is 11.9. The quantitative estimate of drug-likeness (QED) is 0.142. The number of anilines is 6. The predicted molar refractivity (Wildman–Crippen MR) is 305 cm³/mol. The molecular weight excluding hydrogens is 889 g/mol. The Bertz CT molecular complexity index is 4470. The van der Waals surface area contributed by atoms with Gasteiger partial charge in [0.15, 0.2) is 0 Å². The molecule has 0 N–H and O–H groups in total. The molecule has 0 spiro atoms. The van der Waals surface area contributed by atoms with E-state index in [1.54, 1.807) is 0 Å². The van der Waals surface area contributed by atoms with Crippen molar-refractivity contribution in [2.45, 2.75) is 0 Å². The van der Waals surface area contributed by atoms with Crippen molar-refractivity contribution in [3.63, 3.8) is 0 Å². The summed E-state index contributed by atoms with van der Waals surface area (Å²) in [6, 6.07) is 96.2. The van der Waals surface area contributed by atoms with E-state index in [4.69, 9.17) is 4.74 Å². The van der Waals surface area contributed by atoms with Crippen LogP contribution in [-0.2, 0) is 0 Å². The van der Waals surface area contributed by atoms with Crippen molar-refractivity contribution >= 4 is 99.3 Å². The minimum Gasteiger partial charge on any atom is -0.456 e. The molecule has 2 aromatic heterocycles. The standard InChI is InChI=1S/C68H44N4O/c1-5-18-46(19-6-1)69(51-35-38-64-59(42-51)54-26-13-15-29-62(54)71(64)48-22-9-3-10-23-48)50-33-32-45-40-61-56-37-34-53(44-67(56)73-66-31-17-28-57(68(61)66)58(45)41-50)70(47-20-7-2-8-21-47)52-36-39-65-60(43-52)55-27-14-16-30-63(55)72(65)49-24-11-4-12-25-49/h1-44H. The second kappa shape index (κ2) is 16.4. The number of fused-ring (bicyclic) bond motifs is 10. The van der Waals surface area contributed by atoms with Gasteiger partial charge < -0.3 is 23.7 Å². The average Bonchev–Trinajstić information content (AvgIpc) is 3.98. The summed E-state index contributed by atoms with van der Waals surface area (Å²) in [6.07, 6.45) is 0. The van der Waals surface area contributed by atoms with E-state index in [1.807, 2.05) is 0 Å². The Hall–Kier alpha value is -9.84. The van der Waals surface area contributed by atoms with E-state index in [0.717, 1.165) is 73.3 Å². The molecule has 12 aromatic carbocycles. The van der Waals surface area contributed by atoms with Crippen molar-refractivity contribution in [3.05, 3.63) is 267 Å². The van der Waals surface area contributed by atoms with Crippen LogP contribution in [-0.4, -0.2) is 9.13 Å². The number of rotatable bonds is 8. The van der Waals surface area contributed by atoms with Gasteiger partial charge in [-0.2, -0.15) is 0 Å². The zero-order valence-electron chi connectivity index (χ0n) is 39.6. The highest BCUT2D eigenvalue weighted by Gasteiger charge is 2.26. The largest absolute Gasteiger partial charge is 0.456 e. The summed E-state index contributed by atoms with van der Waals surface area (Å²) in [7, 11) is 0. The topological polar surface area (TPSA) is 25.6 Å². The van der Waals surface area contributed by atoms with Crippen LogP contribution in [0.5, 0.6) is 11.5 Å². The van der Waals surface area contributed by atoms with Crippen LogP contribution in [0.15, 0.2) is 267 Å². The fourth-order valence-electron chi connectivity index (χ4n) is 11.6. The Kier molecular flexibility index (Phi) is 9.19. The molecule has 0 saturated heterocycles. The lowest BCUT2D eigenvalue weighted by Gasteiger charge is -2.29. The molecule has 0 amide bonds. The third kappa shape index (κ3) is 6.49. The fourth-order valence-corrected chi connectivity index (χ4v) is 11.6. The molecule has 0 atom stereocenters. The van der Waals surface area contributed by atoms with Crippen LogP contribution < -0.4 is 14.5 Å². The van der Waals surface area contributed by atoms with E-state index >= 15 is 0 Å². The Morgan fingerprint density at radius 3 is 1.26 bits per heavy atom. The molecule has 5 nitrogen and oxygen atoms in total. The van der Waals surface area contributed by atoms with Gasteiger partial charge in [0.2, 0.25) is 0 Å². The maximum Gasteiger partial charge on any atom is 0.137 e. The van der Waals surface area contributed by atoms with Crippen molar-refractivity contribution in [3.8, 4) is 34.0 Å². The number of aromatic nitrogens is 2. The van der Waals surface area contributed by atoms with E-state index in [0.29, 0.717) is 0 Å². The molecule has 1 aliphatic heterocycles. The van der Waals surface area contributed by atoms with Gasteiger partial charge in [-0.15, -0.1) is 0 Å². The van der Waals surface area contributed by atoms with Crippen LogP contribution in [0.4, 0.5) is 34.1 Å². The number of ether oxygens (including phenoxy) is 1. The number of nitrogens with zero attached hydrogens (tertiary/aromatic N) is 4. The van der Waals surface area contributed by atoms with E-state index < -0.39 is 0 Å². The highest BCUT2D eigenvalue weighted by molar-refractivity contribution is 6.18. The molecule has 1 aliphatic rings. The Labute approximate surface area is 421 Å². The van der Waals surface area contributed by atoms with Crippen molar-refractivity contribution in [2.75, 3.05) is 9.80 Å². The van der Waals surface area contributed by atoms with Crippen molar-refractivity contribution in [2.24, 2.45) is 0 Å². The molecule has 15 rings (SSSR count). The number of para-hydroxylation sites is 6. The molecule has 73 heavy (non-hydrogen) atoms. The predicted octanol–water partition coefficient (Wildman–Crippen LogP) is 18.9. The summed E-state index contributed by atoms with van der Waals surface area (Å²) in [4.78, 5) is 4.72. The molecule has 0 saturated carbocycles. The van der Waals surface area contributed by atoms with Crippen molar-refractivity contribution in [1.82, 2.24) is 9.13 Å². The number of benzene rings is 12. The lowest BCUT2D eigenvalue weighted by atomic mass is 9.90. The van der Waals surface area contributed by atoms with Gasteiger partial charge in [-0.05, 0) is 155 Å². The van der Waals surface area contributed by atoms with Crippen molar-refractivity contribution < 1.29 is 4.74 Å². The molecule has 5 heteroatoms. The van der Waals surface area contributed by atoms with Crippen LogP contribution in [0.3, 0.4) is 0 Å². The maximum atomic E-state index is 7.03. The second-order valence-electron chi connectivity index (χ2n) is 18.9. The van der Waals surface area contributed by atoms with Gasteiger partial charge in [-0.3, -0.25) is 0 Å². The highest BCUT2D eigenvalue weighted by atomic mass is 16.5. The van der Waals surface area contributed by atoms with Crippen LogP contribution in [0.2, 0.25) is 0 Å². The SMILES string of the molecule is c1ccc(N(c2ccc3c(c2)Oc2cccc4c2c-3cc2ccc(N(c3ccccc3)c3ccc5c(c3)c3ccccc3n5-c3ccccc3)cc24)c2ccc3c(c2)c2ccccc2n3-c2ccccc2)cc1. The van der Waals surface area contributed by atoms with Gasteiger partial charge in [0.25, 0.3) is 0 Å². The van der Waals surface area contributed by atoms with Crippen LogP contribution >= 0.6 is 0 Å². The first kappa shape index (κ1) is 41.0. The lowest BCUT2D eigenvalue weighted by Crippen LogP contribution is -2.10. The Morgan fingerprint density at radius 2 is 0.699 bits per heavy atom. The first-order valence-electron chi connectivity index (χ1n) is 24.9. The van der Waals surface area contributed by atoms with Crippen molar-refractivity contribution in [1.29, 1.82) is 0 Å². The monoisotopic (exact) mass is 932 g/mol. The molecular formula is C68H44N4O. The van der Waals surface area contributed by atoms with E-state index in [-0.39, 0.29) is 0 Å². The van der Waals surface area contributed by atoms with E-state index in [1.165, 1.54) is 59.9 Å². The van der Waals surface area contributed by atoms with E-state index in [2.05, 4.69) is 286 Å². The molecule has 342 valence electrons. The third-order valence-corrected chi connectivity index (χ3v) is 14.8. The molecule has 0 radical (unpaired) electrons. The summed E-state index contributed by atoms with van der Waals surface area (Å²) in [5.41, 5.74) is 15.6. The summed E-state index contributed by atoms with van der Waals surface area (Å²) in [5, 5.41) is 9.46. The van der Waals surface area contributed by atoms with Gasteiger partial charge in [-0.25, -0.2) is 0 Å². The molecule has 0 bridgehead atoms. The summed E-state index contributed by atoms with van der Waals surface area (Å²) < 4.78 is 11.8. The van der Waals surface area contributed by atoms with Crippen LogP contribution in [0, 0.1) is 0 Å². The number of hydrogen-bond donors (Lipinski definition) is 0. The smallest absolute Gasteiger partial charge is 0.137 e. The first-order chi connectivity index (χ1) is 36.2. The summed E-state index contributed by atoms with van der Waals surface area (Å²) in [6.45, 7) is 0.